The van der Waals surface area contributed by atoms with Crippen molar-refractivity contribution >= 4 is 7.85 Å². The maximum atomic E-state index is 5.38. The predicted octanol–water partition coefficient (Wildman–Crippen LogP) is -0.196. The Kier molecular flexibility index (Phi) is 3.16. The van der Waals surface area contributed by atoms with Crippen molar-refractivity contribution in [3.8, 4) is 0 Å². The predicted molar refractivity (Wildman–Crippen MR) is 37.1 cm³/mol. The largest absolute Gasteiger partial charge is 0.506 e. The van der Waals surface area contributed by atoms with Crippen LogP contribution in [0.25, 0.3) is 0 Å². The van der Waals surface area contributed by atoms with E-state index in [9.17, 15) is 0 Å². The molecule has 3 heteroatoms. The highest BCUT2D eigenvalue weighted by molar-refractivity contribution is 6.08. The van der Waals surface area contributed by atoms with Crippen molar-refractivity contribution in [1.29, 1.82) is 0 Å². The van der Waals surface area contributed by atoms with Gasteiger partial charge in [0, 0.05) is 5.70 Å². The first-order valence-electron chi connectivity index (χ1n) is 2.74. The Bertz CT molecular complexity index is 96.6. The van der Waals surface area contributed by atoms with Crippen LogP contribution in [0.15, 0.2) is 11.5 Å². The molecule has 0 saturated heterocycles. The molecule has 0 bridgehead atoms. The molecule has 0 saturated carbocycles. The van der Waals surface area contributed by atoms with E-state index in [1.807, 2.05) is 21.7 Å². The van der Waals surface area contributed by atoms with Crippen LogP contribution in [-0.2, 0) is 4.74 Å². The molecule has 0 heterocycles. The topological polar surface area (TPSA) is 35.2 Å². The van der Waals surface area contributed by atoms with Gasteiger partial charge in [-0.3, -0.25) is 0 Å². The second kappa shape index (κ2) is 3.41. The third-order valence-electron chi connectivity index (χ3n) is 0.916. The van der Waals surface area contributed by atoms with Gasteiger partial charge < -0.3 is 10.5 Å². The molecule has 0 aliphatic heterocycles. The number of hydrogen-bond donors (Lipinski definition) is 1. The molecule has 2 N–H and O–H groups in total. The van der Waals surface area contributed by atoms with Gasteiger partial charge in [-0.2, -0.15) is 0 Å². The second-order valence-electron chi connectivity index (χ2n) is 1.67. The summed E-state index contributed by atoms with van der Waals surface area (Å²) in [6, 6.07) is 0. The van der Waals surface area contributed by atoms with Crippen LogP contribution >= 0.6 is 0 Å². The highest BCUT2D eigenvalue weighted by atomic mass is 16.5. The van der Waals surface area contributed by atoms with Gasteiger partial charge in [0.05, 0.1) is 6.51 Å². The number of ether oxygens (including phenoxy) is 1. The zero-order valence-electron chi connectivity index (χ0n) is 5.69. The number of nitrogens with two attached hydrogens (primary N) is 1. The lowest BCUT2D eigenvalue weighted by molar-refractivity contribution is 0.265. The van der Waals surface area contributed by atoms with E-state index in [-0.39, 0.29) is 0 Å². The van der Waals surface area contributed by atoms with Gasteiger partial charge in [0.15, 0.2) is 7.85 Å². The second-order valence-corrected chi connectivity index (χ2v) is 1.67. The van der Waals surface area contributed by atoms with Gasteiger partial charge in [0.25, 0.3) is 0 Å². The fourth-order valence-electron chi connectivity index (χ4n) is 0.330. The van der Waals surface area contributed by atoms with E-state index >= 15 is 0 Å². The summed E-state index contributed by atoms with van der Waals surface area (Å²) in [4.78, 5) is 0. The minimum Gasteiger partial charge on any atom is -0.506 e. The van der Waals surface area contributed by atoms with E-state index in [0.717, 1.165) is 11.5 Å². The average Bonchev–Trinajstić information content (AvgIpc) is 1.67. The van der Waals surface area contributed by atoms with Gasteiger partial charge in [-0.15, -0.1) is 0 Å². The summed E-state index contributed by atoms with van der Waals surface area (Å²) in [5, 5.41) is 0. The van der Waals surface area contributed by atoms with E-state index in [1.54, 1.807) is 0 Å². The molecule has 0 aliphatic carbocycles. The Morgan fingerprint density at radius 3 is 2.25 bits per heavy atom. The normalized spacial score (nSPS) is 12.8. The van der Waals surface area contributed by atoms with E-state index in [1.165, 1.54) is 0 Å². The zero-order valence-corrected chi connectivity index (χ0v) is 5.69. The van der Waals surface area contributed by atoms with Gasteiger partial charge in [0.1, 0.15) is 5.76 Å². The van der Waals surface area contributed by atoms with Crippen molar-refractivity contribution in [2.24, 2.45) is 5.73 Å². The van der Waals surface area contributed by atoms with E-state index in [4.69, 9.17) is 10.5 Å². The maximum absolute atomic E-state index is 5.38. The quantitative estimate of drug-likeness (QED) is 0.397. The first-order valence-corrected chi connectivity index (χ1v) is 2.74. The zero-order chi connectivity index (χ0) is 6.57. The smallest absolute Gasteiger partial charge is 0.150 e. The Morgan fingerprint density at radius 1 is 1.62 bits per heavy atom. The van der Waals surface area contributed by atoms with Crippen LogP contribution in [0.1, 0.15) is 13.8 Å². The molecular formula is C5H12BNO. The first kappa shape index (κ1) is 7.40. The van der Waals surface area contributed by atoms with E-state index in [2.05, 4.69) is 0 Å². The van der Waals surface area contributed by atoms with Crippen molar-refractivity contribution in [3.63, 3.8) is 0 Å². The summed E-state index contributed by atoms with van der Waals surface area (Å²) < 4.78 is 5.06. The molecule has 8 heavy (non-hydrogen) atoms. The summed E-state index contributed by atoms with van der Waals surface area (Å²) in [6.45, 7) is 4.38. The molecule has 0 aromatic rings. The number of hydrogen-bond acceptors (Lipinski definition) is 2. The molecule has 0 aliphatic rings. The van der Waals surface area contributed by atoms with E-state index in [0.29, 0.717) is 6.51 Å². The fourth-order valence-corrected chi connectivity index (χ4v) is 0.330. The molecule has 0 aromatic carbocycles. The molecule has 0 unspecified atom stereocenters. The third-order valence-corrected chi connectivity index (χ3v) is 0.916. The Morgan fingerprint density at radius 2 is 2.12 bits per heavy atom. The molecule has 0 fully saturated rings. The van der Waals surface area contributed by atoms with Crippen LogP contribution in [-0.4, -0.2) is 14.4 Å². The van der Waals surface area contributed by atoms with Gasteiger partial charge in [-0.25, -0.2) is 0 Å². The van der Waals surface area contributed by atoms with Gasteiger partial charge in [-0.1, -0.05) is 0 Å². The molecule has 2 nitrogen and oxygen atoms in total. The first-order chi connectivity index (χ1) is 3.68. The van der Waals surface area contributed by atoms with E-state index < -0.39 is 0 Å². The molecule has 46 valence electrons. The summed E-state index contributed by atoms with van der Waals surface area (Å²) in [6.07, 6.45) is 0. The van der Waals surface area contributed by atoms with Crippen molar-refractivity contribution < 1.29 is 4.74 Å². The molecule has 0 rings (SSSR count). The molecular weight excluding hydrogens is 101 g/mol. The van der Waals surface area contributed by atoms with Crippen LogP contribution in [0.5, 0.6) is 0 Å². The highest BCUT2D eigenvalue weighted by Crippen LogP contribution is 1.96. The minimum atomic E-state index is 0.695. The Balaban J connectivity index is 3.62. The van der Waals surface area contributed by atoms with Gasteiger partial charge >= 0.3 is 0 Å². The Hall–Kier alpha value is -0.595. The SMILES string of the molecule is BCO/C(C)=C(/C)N. The minimum absolute atomic E-state index is 0.695. The molecule has 0 amide bonds. The maximum Gasteiger partial charge on any atom is 0.150 e. The summed E-state index contributed by atoms with van der Waals surface area (Å²) in [5.41, 5.74) is 6.13. The summed E-state index contributed by atoms with van der Waals surface area (Å²) in [7, 11) is 1.94. The summed E-state index contributed by atoms with van der Waals surface area (Å²) >= 11 is 0. The summed E-state index contributed by atoms with van der Waals surface area (Å²) in [5.74, 6) is 0.826. The van der Waals surface area contributed by atoms with Crippen LogP contribution in [0, 0.1) is 0 Å². The lowest BCUT2D eigenvalue weighted by Gasteiger charge is -2.02. The standard InChI is InChI=1S/C5H12BNO/c1-4(7)5(2)8-3-6/h3,6-7H2,1-2H3/b5-4-. The molecule has 0 atom stereocenters. The lowest BCUT2D eigenvalue weighted by atomic mass is 10.2. The number of rotatable bonds is 2. The highest BCUT2D eigenvalue weighted by Gasteiger charge is 1.87. The van der Waals surface area contributed by atoms with Crippen molar-refractivity contribution in [3.05, 3.63) is 11.5 Å². The number of allylic oxidation sites excluding steroid dienone is 2. The fraction of sp³-hybridized carbons (Fsp3) is 0.600. The average molecular weight is 113 g/mol. The lowest BCUT2D eigenvalue weighted by Crippen LogP contribution is -2.00. The molecule has 0 radical (unpaired) electrons. The molecule has 0 aromatic heterocycles. The van der Waals surface area contributed by atoms with Crippen LogP contribution < -0.4 is 5.73 Å². The van der Waals surface area contributed by atoms with Crippen LogP contribution in [0.2, 0.25) is 0 Å². The van der Waals surface area contributed by atoms with Gasteiger partial charge in [0.2, 0.25) is 0 Å². The van der Waals surface area contributed by atoms with Crippen molar-refractivity contribution in [2.75, 3.05) is 6.51 Å². The monoisotopic (exact) mass is 113 g/mol. The third kappa shape index (κ3) is 2.56. The van der Waals surface area contributed by atoms with Crippen LogP contribution in [0.4, 0.5) is 0 Å². The van der Waals surface area contributed by atoms with Crippen LogP contribution in [0.3, 0.4) is 0 Å². The van der Waals surface area contributed by atoms with Crippen molar-refractivity contribution in [2.45, 2.75) is 13.8 Å². The molecule has 0 spiro atoms. The Labute approximate surface area is 51.1 Å². The van der Waals surface area contributed by atoms with Gasteiger partial charge in [-0.05, 0) is 13.8 Å². The van der Waals surface area contributed by atoms with Crippen molar-refractivity contribution in [1.82, 2.24) is 0 Å².